The highest BCUT2D eigenvalue weighted by Gasteiger charge is 2.20. The lowest BCUT2D eigenvalue weighted by Crippen LogP contribution is -2.35. The number of rotatable bonds is 6. The number of nitrogens with zero attached hydrogens (tertiary/aromatic N) is 2. The molecule has 186 valence electrons. The number of hydrogen-bond donors (Lipinski definition) is 1. The van der Waals surface area contributed by atoms with Crippen LogP contribution in [0.2, 0.25) is 5.02 Å². The minimum atomic E-state index is -3.89. The minimum Gasteiger partial charge on any atom is -0.339 e. The molecule has 0 atom stereocenters. The Hall–Kier alpha value is -3.14. The summed E-state index contributed by atoms with van der Waals surface area (Å²) in [5.41, 5.74) is 2.48. The van der Waals surface area contributed by atoms with Crippen molar-refractivity contribution in [2.45, 2.75) is 30.7 Å². The van der Waals surface area contributed by atoms with Gasteiger partial charge in [0.05, 0.1) is 21.7 Å². The molecule has 1 aromatic heterocycles. The number of likely N-dealkylation sites (tertiary alicyclic amines) is 1. The highest BCUT2D eigenvalue weighted by Crippen LogP contribution is 2.25. The molecule has 5 rings (SSSR count). The summed E-state index contributed by atoms with van der Waals surface area (Å²) < 4.78 is 30.9. The number of benzene rings is 3. The maximum Gasteiger partial charge on any atom is 0.308 e. The van der Waals surface area contributed by atoms with Gasteiger partial charge in [0.25, 0.3) is 15.9 Å². The van der Waals surface area contributed by atoms with E-state index in [1.165, 1.54) is 12.1 Å². The zero-order valence-corrected chi connectivity index (χ0v) is 21.7. The second-order valence-corrected chi connectivity index (χ2v) is 11.9. The fourth-order valence-corrected chi connectivity index (χ4v) is 6.53. The van der Waals surface area contributed by atoms with Gasteiger partial charge in [-0.1, -0.05) is 35.1 Å². The van der Waals surface area contributed by atoms with E-state index in [9.17, 15) is 18.0 Å². The SMILES string of the molecule is O=C(c1ccc(NS(=O)(=O)c2ccc3c(c2)sc(=O)n3Cc2ccc(Cl)cc2)cc1)N1CCCCC1. The Morgan fingerprint density at radius 1 is 0.944 bits per heavy atom. The van der Waals surface area contributed by atoms with E-state index in [4.69, 9.17) is 11.6 Å². The number of anilines is 1. The predicted molar refractivity (Wildman–Crippen MR) is 144 cm³/mol. The van der Waals surface area contributed by atoms with Gasteiger partial charge in [-0.15, -0.1) is 0 Å². The summed E-state index contributed by atoms with van der Waals surface area (Å²) in [6.07, 6.45) is 3.15. The number of piperidine rings is 1. The number of amides is 1. The van der Waals surface area contributed by atoms with Gasteiger partial charge >= 0.3 is 4.87 Å². The first-order chi connectivity index (χ1) is 17.3. The topological polar surface area (TPSA) is 88.5 Å². The Kier molecular flexibility index (Phi) is 6.87. The molecule has 1 amide bonds. The van der Waals surface area contributed by atoms with Crippen molar-refractivity contribution in [3.05, 3.63) is 92.5 Å². The monoisotopic (exact) mass is 541 g/mol. The molecule has 10 heteroatoms. The zero-order valence-electron chi connectivity index (χ0n) is 19.3. The average Bonchev–Trinajstić information content (AvgIpc) is 3.19. The van der Waals surface area contributed by atoms with E-state index >= 15 is 0 Å². The smallest absolute Gasteiger partial charge is 0.308 e. The van der Waals surface area contributed by atoms with E-state index in [1.807, 2.05) is 17.0 Å². The molecule has 0 aliphatic carbocycles. The van der Waals surface area contributed by atoms with Crippen molar-refractivity contribution in [1.82, 2.24) is 9.47 Å². The number of fused-ring (bicyclic) bond motifs is 1. The molecule has 36 heavy (non-hydrogen) atoms. The molecule has 1 N–H and O–H groups in total. The highest BCUT2D eigenvalue weighted by molar-refractivity contribution is 7.92. The van der Waals surface area contributed by atoms with Crippen LogP contribution in [0.1, 0.15) is 35.2 Å². The standard InChI is InChI=1S/C26H24ClN3O4S2/c27-20-8-4-18(5-9-20)17-30-23-13-12-22(16-24(23)35-26(30)32)36(33,34)28-21-10-6-19(7-11-21)25(31)29-14-2-1-3-15-29/h4-13,16,28H,1-3,14-15,17H2. The third kappa shape index (κ3) is 5.18. The van der Waals surface area contributed by atoms with Crippen LogP contribution in [0.4, 0.5) is 5.69 Å². The van der Waals surface area contributed by atoms with Crippen LogP contribution in [-0.4, -0.2) is 36.9 Å². The summed E-state index contributed by atoms with van der Waals surface area (Å²) in [7, 11) is -3.89. The zero-order chi connectivity index (χ0) is 25.3. The summed E-state index contributed by atoms with van der Waals surface area (Å²) in [4.78, 5) is 27.0. The van der Waals surface area contributed by atoms with Crippen molar-refractivity contribution in [3.63, 3.8) is 0 Å². The molecule has 0 spiro atoms. The molecule has 3 aromatic carbocycles. The van der Waals surface area contributed by atoms with E-state index in [2.05, 4.69) is 4.72 Å². The van der Waals surface area contributed by atoms with Gasteiger partial charge < -0.3 is 4.90 Å². The van der Waals surface area contributed by atoms with Crippen molar-refractivity contribution < 1.29 is 13.2 Å². The number of sulfonamides is 1. The molecule has 1 saturated heterocycles. The Bertz CT molecular complexity index is 1570. The van der Waals surface area contributed by atoms with Crippen molar-refractivity contribution >= 4 is 54.8 Å². The van der Waals surface area contributed by atoms with Gasteiger partial charge in [-0.25, -0.2) is 8.42 Å². The summed E-state index contributed by atoms with van der Waals surface area (Å²) in [6, 6.07) is 18.4. The fourth-order valence-electron chi connectivity index (χ4n) is 4.31. The predicted octanol–water partition coefficient (Wildman–Crippen LogP) is 5.19. The number of halogens is 1. The number of thiazole rings is 1. The lowest BCUT2D eigenvalue weighted by atomic mass is 10.1. The van der Waals surface area contributed by atoms with E-state index in [0.29, 0.717) is 33.0 Å². The lowest BCUT2D eigenvalue weighted by molar-refractivity contribution is 0.0724. The Morgan fingerprint density at radius 2 is 1.64 bits per heavy atom. The van der Waals surface area contributed by atoms with E-state index in [1.54, 1.807) is 47.0 Å². The molecule has 7 nitrogen and oxygen atoms in total. The van der Waals surface area contributed by atoms with Crippen LogP contribution in [0.3, 0.4) is 0 Å². The van der Waals surface area contributed by atoms with Gasteiger partial charge in [-0.3, -0.25) is 18.9 Å². The first-order valence-corrected chi connectivity index (χ1v) is 14.3. The van der Waals surface area contributed by atoms with Gasteiger partial charge in [0.15, 0.2) is 0 Å². The second kappa shape index (κ2) is 10.1. The molecule has 1 fully saturated rings. The normalized spacial score (nSPS) is 14.2. The van der Waals surface area contributed by atoms with Gasteiger partial charge in [-0.2, -0.15) is 0 Å². The van der Waals surface area contributed by atoms with Crippen LogP contribution in [0.5, 0.6) is 0 Å². The minimum absolute atomic E-state index is 0.0347. The summed E-state index contributed by atoms with van der Waals surface area (Å²) in [5, 5.41) is 0.617. The van der Waals surface area contributed by atoms with E-state index < -0.39 is 10.0 Å². The van der Waals surface area contributed by atoms with Gasteiger partial charge in [0.1, 0.15) is 0 Å². The Labute approximate surface area is 218 Å². The van der Waals surface area contributed by atoms with Gasteiger partial charge in [0.2, 0.25) is 0 Å². The van der Waals surface area contributed by atoms with Crippen LogP contribution in [-0.2, 0) is 16.6 Å². The van der Waals surface area contributed by atoms with E-state index in [-0.39, 0.29) is 15.7 Å². The van der Waals surface area contributed by atoms with E-state index in [0.717, 1.165) is 49.3 Å². The molecule has 1 aliphatic rings. The van der Waals surface area contributed by atoms with Crippen molar-refractivity contribution in [1.29, 1.82) is 0 Å². The summed E-state index contributed by atoms with van der Waals surface area (Å²) in [5.74, 6) is -0.0347. The van der Waals surface area contributed by atoms with Crippen LogP contribution in [0.25, 0.3) is 10.2 Å². The number of aromatic nitrogens is 1. The van der Waals surface area contributed by atoms with Gasteiger partial charge in [0, 0.05) is 29.4 Å². The van der Waals surface area contributed by atoms with Crippen LogP contribution < -0.4 is 9.60 Å². The maximum absolute atomic E-state index is 13.0. The van der Waals surface area contributed by atoms with Crippen LogP contribution in [0.15, 0.2) is 76.4 Å². The molecular formula is C26H24ClN3O4S2. The molecule has 0 unspecified atom stereocenters. The molecule has 0 saturated carbocycles. The van der Waals surface area contributed by atoms with Crippen LogP contribution in [0, 0.1) is 0 Å². The molecular weight excluding hydrogens is 518 g/mol. The highest BCUT2D eigenvalue weighted by atomic mass is 35.5. The lowest BCUT2D eigenvalue weighted by Gasteiger charge is -2.26. The van der Waals surface area contributed by atoms with Gasteiger partial charge in [-0.05, 0) is 79.4 Å². The third-order valence-electron chi connectivity index (χ3n) is 6.23. The van der Waals surface area contributed by atoms with Crippen molar-refractivity contribution in [2.75, 3.05) is 17.8 Å². The Balaban J connectivity index is 1.34. The largest absolute Gasteiger partial charge is 0.339 e. The number of carbonyl (C=O) groups is 1. The molecule has 0 bridgehead atoms. The first-order valence-electron chi connectivity index (χ1n) is 11.6. The first kappa shape index (κ1) is 24.5. The number of hydrogen-bond acceptors (Lipinski definition) is 5. The van der Waals surface area contributed by atoms with Crippen molar-refractivity contribution in [3.8, 4) is 0 Å². The quantitative estimate of drug-likeness (QED) is 0.364. The number of carbonyl (C=O) groups excluding carboxylic acids is 1. The molecule has 0 radical (unpaired) electrons. The summed E-state index contributed by atoms with van der Waals surface area (Å²) in [6.45, 7) is 1.87. The number of nitrogens with one attached hydrogen (secondary N) is 1. The average molecular weight is 542 g/mol. The van der Waals surface area contributed by atoms with Crippen LogP contribution >= 0.6 is 22.9 Å². The molecule has 2 heterocycles. The fraction of sp³-hybridized carbons (Fsp3) is 0.231. The van der Waals surface area contributed by atoms with Crippen molar-refractivity contribution in [2.24, 2.45) is 0 Å². The second-order valence-electron chi connectivity index (χ2n) is 8.75. The molecule has 4 aromatic rings. The molecule has 1 aliphatic heterocycles. The Morgan fingerprint density at radius 3 is 2.33 bits per heavy atom. The summed E-state index contributed by atoms with van der Waals surface area (Å²) >= 11 is 6.95. The third-order valence-corrected chi connectivity index (χ3v) is 8.80. The maximum atomic E-state index is 13.0.